The monoisotopic (exact) mass is 223 g/mol. The molecule has 16 heavy (non-hydrogen) atoms. The zero-order valence-corrected chi connectivity index (χ0v) is 11.3. The molecule has 1 saturated carbocycles. The largest absolute Gasteiger partial charge is 0.300 e. The maximum Gasteiger partial charge on any atom is 0.00982 e. The molecule has 1 aliphatic heterocycles. The molecule has 1 heteroatoms. The Morgan fingerprint density at radius 1 is 1.00 bits per heavy atom. The zero-order chi connectivity index (χ0) is 11.4. The van der Waals surface area contributed by atoms with Crippen LogP contribution in [0.3, 0.4) is 0 Å². The van der Waals surface area contributed by atoms with E-state index < -0.39 is 0 Å². The molecule has 0 aromatic carbocycles. The molecule has 1 aliphatic carbocycles. The van der Waals surface area contributed by atoms with E-state index in [0.717, 1.165) is 17.9 Å². The number of hydrogen-bond acceptors (Lipinski definition) is 1. The van der Waals surface area contributed by atoms with Gasteiger partial charge in [0.05, 0.1) is 0 Å². The van der Waals surface area contributed by atoms with Crippen molar-refractivity contribution in [1.29, 1.82) is 0 Å². The van der Waals surface area contributed by atoms with Crippen LogP contribution in [0.2, 0.25) is 0 Å². The van der Waals surface area contributed by atoms with Gasteiger partial charge in [-0.1, -0.05) is 33.1 Å². The van der Waals surface area contributed by atoms with Crippen molar-refractivity contribution in [2.75, 3.05) is 13.1 Å². The Balaban J connectivity index is 1.78. The van der Waals surface area contributed by atoms with Gasteiger partial charge in [-0.05, 0) is 50.5 Å². The average molecular weight is 223 g/mol. The summed E-state index contributed by atoms with van der Waals surface area (Å²) in [4.78, 5) is 2.82. The second-order valence-electron chi connectivity index (χ2n) is 6.42. The fourth-order valence-corrected chi connectivity index (χ4v) is 3.65. The Morgan fingerprint density at radius 2 is 1.75 bits per heavy atom. The second kappa shape index (κ2) is 6.05. The van der Waals surface area contributed by atoms with E-state index >= 15 is 0 Å². The van der Waals surface area contributed by atoms with Gasteiger partial charge in [0.2, 0.25) is 0 Å². The lowest BCUT2D eigenvalue weighted by molar-refractivity contribution is 0.172. The van der Waals surface area contributed by atoms with E-state index in [4.69, 9.17) is 0 Å². The number of rotatable bonds is 4. The van der Waals surface area contributed by atoms with Gasteiger partial charge in [-0.2, -0.15) is 0 Å². The maximum absolute atomic E-state index is 2.82. The molecule has 2 aliphatic rings. The molecule has 0 bridgehead atoms. The van der Waals surface area contributed by atoms with Crippen molar-refractivity contribution in [2.24, 2.45) is 11.8 Å². The highest BCUT2D eigenvalue weighted by molar-refractivity contribution is 4.82. The highest BCUT2D eigenvalue weighted by Gasteiger charge is 2.27. The van der Waals surface area contributed by atoms with Crippen LogP contribution in [0.4, 0.5) is 0 Å². The van der Waals surface area contributed by atoms with Gasteiger partial charge in [0.1, 0.15) is 0 Å². The molecule has 0 amide bonds. The van der Waals surface area contributed by atoms with Crippen molar-refractivity contribution in [3.63, 3.8) is 0 Å². The van der Waals surface area contributed by atoms with Crippen molar-refractivity contribution >= 4 is 0 Å². The van der Waals surface area contributed by atoms with Gasteiger partial charge in [0.15, 0.2) is 0 Å². The molecule has 0 radical (unpaired) electrons. The van der Waals surface area contributed by atoms with Gasteiger partial charge in [-0.25, -0.2) is 0 Å². The van der Waals surface area contributed by atoms with Crippen LogP contribution in [-0.2, 0) is 0 Å². The standard InChI is InChI=1S/C15H29N/c1-13(2)11-15-9-6-10-16(15)12-14-7-4-3-5-8-14/h13-15H,3-12H2,1-2H3/t15-/m1/s1. The van der Waals surface area contributed by atoms with E-state index in [-0.39, 0.29) is 0 Å². The third-order valence-corrected chi connectivity index (χ3v) is 4.46. The summed E-state index contributed by atoms with van der Waals surface area (Å²) < 4.78 is 0. The molecule has 94 valence electrons. The summed E-state index contributed by atoms with van der Waals surface area (Å²) in [5, 5.41) is 0. The molecule has 0 unspecified atom stereocenters. The molecule has 1 nitrogen and oxygen atoms in total. The van der Waals surface area contributed by atoms with Crippen LogP contribution in [0.5, 0.6) is 0 Å². The van der Waals surface area contributed by atoms with Crippen molar-refractivity contribution in [2.45, 2.75) is 71.3 Å². The number of nitrogens with zero attached hydrogens (tertiary/aromatic N) is 1. The van der Waals surface area contributed by atoms with Crippen LogP contribution in [-0.4, -0.2) is 24.0 Å². The molecule has 1 saturated heterocycles. The minimum absolute atomic E-state index is 0.872. The first kappa shape index (κ1) is 12.4. The fraction of sp³-hybridized carbons (Fsp3) is 1.00. The molecule has 2 rings (SSSR count). The van der Waals surface area contributed by atoms with Crippen LogP contribution in [0.15, 0.2) is 0 Å². The number of likely N-dealkylation sites (tertiary alicyclic amines) is 1. The molecular weight excluding hydrogens is 194 g/mol. The average Bonchev–Trinajstić information content (AvgIpc) is 2.66. The summed E-state index contributed by atoms with van der Waals surface area (Å²) in [7, 11) is 0. The Hall–Kier alpha value is -0.0400. The Kier molecular flexibility index (Phi) is 4.69. The minimum Gasteiger partial charge on any atom is -0.300 e. The van der Waals surface area contributed by atoms with E-state index in [2.05, 4.69) is 18.7 Å². The van der Waals surface area contributed by atoms with E-state index in [1.54, 1.807) is 0 Å². The Labute approximate surface area is 102 Å². The van der Waals surface area contributed by atoms with Gasteiger partial charge < -0.3 is 4.90 Å². The summed E-state index contributed by atoms with van der Waals surface area (Å²) in [6.07, 6.45) is 11.8. The predicted octanol–water partition coefficient (Wildman–Crippen LogP) is 4.08. The smallest absolute Gasteiger partial charge is 0.00982 e. The molecular formula is C15H29N. The number of hydrogen-bond donors (Lipinski definition) is 0. The summed E-state index contributed by atoms with van der Waals surface area (Å²) in [6.45, 7) is 7.54. The topological polar surface area (TPSA) is 3.24 Å². The normalized spacial score (nSPS) is 29.1. The first-order valence-electron chi connectivity index (χ1n) is 7.49. The van der Waals surface area contributed by atoms with Gasteiger partial charge >= 0.3 is 0 Å². The van der Waals surface area contributed by atoms with Gasteiger partial charge in [0, 0.05) is 12.6 Å². The second-order valence-corrected chi connectivity index (χ2v) is 6.42. The molecule has 2 fully saturated rings. The van der Waals surface area contributed by atoms with Gasteiger partial charge in [0.25, 0.3) is 0 Å². The Morgan fingerprint density at radius 3 is 2.44 bits per heavy atom. The van der Waals surface area contributed by atoms with E-state index in [1.807, 2.05) is 0 Å². The van der Waals surface area contributed by atoms with Crippen LogP contribution < -0.4 is 0 Å². The van der Waals surface area contributed by atoms with E-state index in [1.165, 1.54) is 64.5 Å². The molecule has 0 aromatic rings. The summed E-state index contributed by atoms with van der Waals surface area (Å²) in [5.74, 6) is 1.90. The minimum atomic E-state index is 0.872. The van der Waals surface area contributed by atoms with Crippen molar-refractivity contribution < 1.29 is 0 Å². The molecule has 0 N–H and O–H groups in total. The van der Waals surface area contributed by atoms with Crippen LogP contribution >= 0.6 is 0 Å². The van der Waals surface area contributed by atoms with E-state index in [9.17, 15) is 0 Å². The predicted molar refractivity (Wildman–Crippen MR) is 70.6 cm³/mol. The first-order valence-corrected chi connectivity index (χ1v) is 7.49. The third-order valence-electron chi connectivity index (χ3n) is 4.46. The summed E-state index contributed by atoms with van der Waals surface area (Å²) in [6, 6.07) is 0.918. The molecule has 1 heterocycles. The Bertz CT molecular complexity index is 194. The fourth-order valence-electron chi connectivity index (χ4n) is 3.65. The summed E-state index contributed by atoms with van der Waals surface area (Å²) in [5.41, 5.74) is 0. The first-order chi connectivity index (χ1) is 7.75. The SMILES string of the molecule is CC(C)C[C@H]1CCCN1CC1CCCCC1. The molecule has 1 atom stereocenters. The summed E-state index contributed by atoms with van der Waals surface area (Å²) >= 11 is 0. The highest BCUT2D eigenvalue weighted by atomic mass is 15.2. The molecule has 0 aromatic heterocycles. The van der Waals surface area contributed by atoms with Gasteiger partial charge in [-0.15, -0.1) is 0 Å². The van der Waals surface area contributed by atoms with Crippen molar-refractivity contribution in [3.8, 4) is 0 Å². The lowest BCUT2D eigenvalue weighted by Crippen LogP contribution is -2.35. The zero-order valence-electron chi connectivity index (χ0n) is 11.3. The van der Waals surface area contributed by atoms with Crippen LogP contribution in [0, 0.1) is 11.8 Å². The van der Waals surface area contributed by atoms with Crippen molar-refractivity contribution in [1.82, 2.24) is 4.90 Å². The van der Waals surface area contributed by atoms with E-state index in [0.29, 0.717) is 0 Å². The quantitative estimate of drug-likeness (QED) is 0.694. The highest BCUT2D eigenvalue weighted by Crippen LogP contribution is 2.29. The third kappa shape index (κ3) is 3.48. The van der Waals surface area contributed by atoms with Crippen LogP contribution in [0.25, 0.3) is 0 Å². The van der Waals surface area contributed by atoms with Gasteiger partial charge in [-0.3, -0.25) is 0 Å². The lowest BCUT2D eigenvalue weighted by atomic mass is 9.88. The molecule has 0 spiro atoms. The maximum atomic E-state index is 2.82. The van der Waals surface area contributed by atoms with Crippen LogP contribution in [0.1, 0.15) is 65.2 Å². The lowest BCUT2D eigenvalue weighted by Gasteiger charge is -2.31. The van der Waals surface area contributed by atoms with Crippen molar-refractivity contribution in [3.05, 3.63) is 0 Å².